The Morgan fingerprint density at radius 2 is 1.77 bits per heavy atom. The lowest BCUT2D eigenvalue weighted by Gasteiger charge is -2.27. The van der Waals surface area contributed by atoms with E-state index in [-0.39, 0.29) is 12.1 Å². The molecular formula is C32H31N3O4S. The van der Waals surface area contributed by atoms with E-state index in [9.17, 15) is 14.7 Å². The van der Waals surface area contributed by atoms with Crippen LogP contribution in [-0.2, 0) is 11.3 Å². The standard InChI is InChI=1S/C32H31N3O4S/c1-5-39-25-13-9-10-21(18-25)19-35-27(22-14-16-24(17-15-22)34(3)4)26(29(37)32(35)38)28(36)30-20(2)33-31(40-30)23-11-7-6-8-12-23/h6-18,27,37H,5,19H2,1-4H3. The van der Waals surface area contributed by atoms with Gasteiger partial charge in [0, 0.05) is 31.9 Å². The van der Waals surface area contributed by atoms with Crippen molar-refractivity contribution >= 4 is 28.7 Å². The van der Waals surface area contributed by atoms with Crippen molar-refractivity contribution in [2.24, 2.45) is 0 Å². The minimum Gasteiger partial charge on any atom is -0.503 e. The van der Waals surface area contributed by atoms with E-state index in [1.165, 1.54) is 11.3 Å². The maximum Gasteiger partial charge on any atom is 0.290 e. The lowest BCUT2D eigenvalue weighted by molar-refractivity contribution is -0.130. The summed E-state index contributed by atoms with van der Waals surface area (Å²) in [4.78, 5) is 36.2. The fourth-order valence-electron chi connectivity index (χ4n) is 4.88. The predicted octanol–water partition coefficient (Wildman–Crippen LogP) is 6.36. The number of amides is 1. The Labute approximate surface area is 238 Å². The number of ether oxygens (including phenoxy) is 1. The van der Waals surface area contributed by atoms with Crippen LogP contribution in [0.1, 0.15) is 39.5 Å². The van der Waals surface area contributed by atoms with Gasteiger partial charge in [0.05, 0.1) is 28.8 Å². The van der Waals surface area contributed by atoms with Gasteiger partial charge in [0.25, 0.3) is 5.91 Å². The molecule has 0 saturated heterocycles. The minimum absolute atomic E-state index is 0.0647. The van der Waals surface area contributed by atoms with Crippen LogP contribution < -0.4 is 9.64 Å². The first kappa shape index (κ1) is 27.1. The van der Waals surface area contributed by atoms with Crippen molar-refractivity contribution in [1.29, 1.82) is 0 Å². The summed E-state index contributed by atoms with van der Waals surface area (Å²) in [5.41, 5.74) is 4.08. The van der Waals surface area contributed by atoms with Crippen LogP contribution in [0.3, 0.4) is 0 Å². The summed E-state index contributed by atoms with van der Waals surface area (Å²) >= 11 is 1.27. The van der Waals surface area contributed by atoms with Crippen molar-refractivity contribution in [3.8, 4) is 16.3 Å². The fraction of sp³-hybridized carbons (Fsp3) is 0.219. The summed E-state index contributed by atoms with van der Waals surface area (Å²) in [6, 6.07) is 24.1. The van der Waals surface area contributed by atoms with Gasteiger partial charge in [0.1, 0.15) is 10.8 Å². The first-order valence-electron chi connectivity index (χ1n) is 13.1. The van der Waals surface area contributed by atoms with Crippen molar-refractivity contribution in [2.45, 2.75) is 26.4 Å². The van der Waals surface area contributed by atoms with Gasteiger partial charge >= 0.3 is 0 Å². The van der Waals surface area contributed by atoms with Crippen molar-refractivity contribution < 1.29 is 19.4 Å². The van der Waals surface area contributed by atoms with Gasteiger partial charge < -0.3 is 19.6 Å². The highest BCUT2D eigenvalue weighted by Gasteiger charge is 2.44. The topological polar surface area (TPSA) is 83.0 Å². The van der Waals surface area contributed by atoms with Crippen molar-refractivity contribution in [3.63, 3.8) is 0 Å². The second kappa shape index (κ2) is 11.4. The average molecular weight is 554 g/mol. The molecule has 1 unspecified atom stereocenters. The number of aliphatic hydroxyl groups is 1. The van der Waals surface area contributed by atoms with Gasteiger partial charge in [-0.2, -0.15) is 0 Å². The van der Waals surface area contributed by atoms with Gasteiger partial charge in [-0.05, 0) is 49.2 Å². The number of hydrogen-bond acceptors (Lipinski definition) is 7. The highest BCUT2D eigenvalue weighted by molar-refractivity contribution is 7.17. The highest BCUT2D eigenvalue weighted by Crippen LogP contribution is 2.42. The van der Waals surface area contributed by atoms with E-state index in [4.69, 9.17) is 4.74 Å². The van der Waals surface area contributed by atoms with Crippen LogP contribution in [0.25, 0.3) is 10.6 Å². The molecule has 1 amide bonds. The Hall–Kier alpha value is -4.43. The molecule has 3 aromatic carbocycles. The smallest absolute Gasteiger partial charge is 0.290 e. The van der Waals surface area contributed by atoms with Gasteiger partial charge in [-0.25, -0.2) is 4.98 Å². The molecule has 204 valence electrons. The van der Waals surface area contributed by atoms with Crippen molar-refractivity contribution in [1.82, 2.24) is 9.88 Å². The normalized spacial score (nSPS) is 15.1. The quantitative estimate of drug-likeness (QED) is 0.243. The number of ketones is 1. The molecule has 0 spiro atoms. The molecule has 2 heterocycles. The number of hydrogen-bond donors (Lipinski definition) is 1. The number of benzene rings is 3. The third kappa shape index (κ3) is 5.22. The third-order valence-electron chi connectivity index (χ3n) is 6.86. The number of nitrogens with zero attached hydrogens (tertiary/aromatic N) is 3. The molecule has 1 atom stereocenters. The van der Waals surface area contributed by atoms with Crippen LogP contribution in [-0.4, -0.2) is 47.4 Å². The number of carbonyl (C=O) groups is 2. The van der Waals surface area contributed by atoms with Crippen LogP contribution in [0.15, 0.2) is 90.2 Å². The largest absolute Gasteiger partial charge is 0.503 e. The molecule has 0 radical (unpaired) electrons. The number of rotatable bonds is 9. The van der Waals surface area contributed by atoms with Gasteiger partial charge in [-0.1, -0.05) is 54.6 Å². The summed E-state index contributed by atoms with van der Waals surface area (Å²) in [6.07, 6.45) is 0. The second-order valence-corrected chi connectivity index (χ2v) is 10.8. The lowest BCUT2D eigenvalue weighted by Crippen LogP contribution is -2.30. The number of carbonyl (C=O) groups excluding carboxylic acids is 2. The summed E-state index contributed by atoms with van der Waals surface area (Å²) in [6.45, 7) is 4.40. The highest BCUT2D eigenvalue weighted by atomic mass is 32.1. The van der Waals surface area contributed by atoms with Crippen LogP contribution in [0.2, 0.25) is 0 Å². The van der Waals surface area contributed by atoms with E-state index >= 15 is 0 Å². The number of aromatic nitrogens is 1. The Balaban J connectivity index is 1.56. The fourth-order valence-corrected chi connectivity index (χ4v) is 5.91. The van der Waals surface area contributed by atoms with Crippen LogP contribution in [0.5, 0.6) is 5.75 Å². The molecule has 4 aromatic rings. The van der Waals surface area contributed by atoms with E-state index in [2.05, 4.69) is 4.98 Å². The Bertz CT molecular complexity index is 1580. The van der Waals surface area contributed by atoms with E-state index < -0.39 is 23.5 Å². The second-order valence-electron chi connectivity index (χ2n) is 9.79. The van der Waals surface area contributed by atoms with E-state index in [0.29, 0.717) is 27.9 Å². The molecule has 1 aliphatic rings. The van der Waals surface area contributed by atoms with Crippen molar-refractivity contribution in [3.05, 3.63) is 112 Å². The third-order valence-corrected chi connectivity index (χ3v) is 8.06. The number of aryl methyl sites for hydroxylation is 1. The summed E-state index contributed by atoms with van der Waals surface area (Å²) in [5, 5.41) is 11.9. The van der Waals surface area contributed by atoms with Crippen LogP contribution in [0, 0.1) is 6.92 Å². The zero-order valence-electron chi connectivity index (χ0n) is 22.9. The molecule has 0 fully saturated rings. The Kier molecular flexibility index (Phi) is 7.71. The Morgan fingerprint density at radius 1 is 1.05 bits per heavy atom. The molecule has 7 nitrogen and oxygen atoms in total. The summed E-state index contributed by atoms with van der Waals surface area (Å²) in [5.74, 6) is -0.810. The zero-order chi connectivity index (χ0) is 28.4. The SMILES string of the molecule is CCOc1cccc(CN2C(=O)C(O)=C(C(=O)c3sc(-c4ccccc4)nc3C)C2c2ccc(N(C)C)cc2)c1. The average Bonchev–Trinajstić information content (AvgIpc) is 3.46. The first-order chi connectivity index (χ1) is 19.3. The van der Waals surface area contributed by atoms with E-state index in [1.54, 1.807) is 11.8 Å². The van der Waals surface area contributed by atoms with Gasteiger partial charge in [-0.15, -0.1) is 11.3 Å². The molecular weight excluding hydrogens is 522 g/mol. The predicted molar refractivity (Wildman–Crippen MR) is 158 cm³/mol. The van der Waals surface area contributed by atoms with E-state index in [1.807, 2.05) is 105 Å². The number of Topliss-reactive ketones (excluding diaryl/α,β-unsaturated/α-hetero) is 1. The molecule has 0 bridgehead atoms. The van der Waals surface area contributed by atoms with Gasteiger partial charge in [-0.3, -0.25) is 9.59 Å². The molecule has 1 N–H and O–H groups in total. The maximum absolute atomic E-state index is 14.1. The van der Waals surface area contributed by atoms with E-state index in [0.717, 1.165) is 22.4 Å². The van der Waals surface area contributed by atoms with Gasteiger partial charge in [0.2, 0.25) is 5.78 Å². The number of anilines is 1. The monoisotopic (exact) mass is 553 g/mol. The molecule has 1 aliphatic heterocycles. The van der Waals surface area contributed by atoms with Crippen molar-refractivity contribution in [2.75, 3.05) is 25.6 Å². The number of aliphatic hydroxyl groups excluding tert-OH is 1. The maximum atomic E-state index is 14.1. The molecule has 40 heavy (non-hydrogen) atoms. The molecule has 0 aliphatic carbocycles. The number of thiazole rings is 1. The first-order valence-corrected chi connectivity index (χ1v) is 13.9. The summed E-state index contributed by atoms with van der Waals surface area (Å²) in [7, 11) is 3.90. The lowest BCUT2D eigenvalue weighted by atomic mass is 9.94. The molecule has 0 saturated carbocycles. The zero-order valence-corrected chi connectivity index (χ0v) is 23.7. The molecule has 8 heteroatoms. The summed E-state index contributed by atoms with van der Waals surface area (Å²) < 4.78 is 5.65. The Morgan fingerprint density at radius 3 is 2.45 bits per heavy atom. The van der Waals surface area contributed by atoms with Crippen LogP contribution in [0.4, 0.5) is 5.69 Å². The molecule has 1 aromatic heterocycles. The van der Waals surface area contributed by atoms with Crippen LogP contribution >= 0.6 is 11.3 Å². The minimum atomic E-state index is -0.770. The molecule has 5 rings (SSSR count). The van der Waals surface area contributed by atoms with Gasteiger partial charge in [0.15, 0.2) is 5.76 Å².